The molecule has 3 rings (SSSR count). The third kappa shape index (κ3) is 5.70. The van der Waals surface area contributed by atoms with Crippen LogP contribution in [0.25, 0.3) is 0 Å². The van der Waals surface area contributed by atoms with Gasteiger partial charge in [0.05, 0.1) is 18.2 Å². The minimum Gasteiger partial charge on any atom is -0.491 e. The van der Waals surface area contributed by atoms with Crippen molar-refractivity contribution in [2.75, 3.05) is 18.5 Å². The molecule has 1 aliphatic rings. The van der Waals surface area contributed by atoms with E-state index in [0.29, 0.717) is 14.9 Å². The highest BCUT2D eigenvalue weighted by Gasteiger charge is 2.49. The Labute approximate surface area is 205 Å². The Balaban J connectivity index is 1.85. The summed E-state index contributed by atoms with van der Waals surface area (Å²) in [5.41, 5.74) is -0.167. The Hall–Kier alpha value is -2.53. The number of imide groups is 1. The quantitative estimate of drug-likeness (QED) is 0.393. The monoisotopic (exact) mass is 568 g/mol. The van der Waals surface area contributed by atoms with Crippen LogP contribution in [0.15, 0.2) is 42.5 Å². The molecule has 0 aromatic heterocycles. The molecule has 3 amide bonds. The first-order chi connectivity index (χ1) is 15.5. The van der Waals surface area contributed by atoms with Crippen LogP contribution in [0.4, 0.5) is 10.1 Å². The number of nitrogens with zero attached hydrogens (tertiary/aromatic N) is 1. The minimum absolute atomic E-state index is 0.0104. The lowest BCUT2D eigenvalue weighted by atomic mass is 9.84. The van der Waals surface area contributed by atoms with E-state index in [4.69, 9.17) is 9.84 Å². The third-order valence-corrected chi connectivity index (χ3v) is 6.01. The van der Waals surface area contributed by atoms with E-state index in [1.807, 2.05) is 22.6 Å². The summed E-state index contributed by atoms with van der Waals surface area (Å²) >= 11 is 1.97. The van der Waals surface area contributed by atoms with E-state index in [-0.39, 0.29) is 25.3 Å². The molecular weight excluding hydrogens is 542 g/mol. The molecule has 2 aromatic rings. The summed E-state index contributed by atoms with van der Waals surface area (Å²) in [4.78, 5) is 40.5. The highest BCUT2D eigenvalue weighted by molar-refractivity contribution is 14.1. The van der Waals surface area contributed by atoms with Gasteiger partial charge in [-0.2, -0.15) is 0 Å². The Bertz CT molecular complexity index is 1050. The molecule has 0 unspecified atom stereocenters. The molecule has 2 N–H and O–H groups in total. The van der Waals surface area contributed by atoms with Crippen LogP contribution in [0.5, 0.6) is 5.75 Å². The van der Waals surface area contributed by atoms with Gasteiger partial charge in [-0.1, -0.05) is 32.9 Å². The van der Waals surface area contributed by atoms with Crippen molar-refractivity contribution in [3.63, 3.8) is 0 Å². The van der Waals surface area contributed by atoms with Crippen LogP contribution < -0.4 is 10.1 Å². The molecule has 1 aliphatic heterocycles. The number of carbonyl (C=O) groups is 3. The average Bonchev–Trinajstić information content (AvgIpc) is 3.02. The fourth-order valence-electron chi connectivity index (χ4n) is 3.83. The van der Waals surface area contributed by atoms with Crippen LogP contribution in [0.2, 0.25) is 0 Å². The van der Waals surface area contributed by atoms with Crippen molar-refractivity contribution in [2.45, 2.75) is 39.2 Å². The molecule has 0 saturated carbocycles. The van der Waals surface area contributed by atoms with Gasteiger partial charge < -0.3 is 15.2 Å². The molecule has 0 radical (unpaired) electrons. The van der Waals surface area contributed by atoms with E-state index in [0.717, 1.165) is 4.90 Å². The summed E-state index contributed by atoms with van der Waals surface area (Å²) in [5.74, 6) is -2.34. The molecule has 1 heterocycles. The maximum absolute atomic E-state index is 14.3. The predicted octanol–water partition coefficient (Wildman–Crippen LogP) is 3.70. The van der Waals surface area contributed by atoms with Gasteiger partial charge in [0, 0.05) is 9.99 Å². The molecule has 1 saturated heterocycles. The molecule has 0 aliphatic carbocycles. The summed E-state index contributed by atoms with van der Waals surface area (Å²) in [6.07, 6.45) is -0.0621. The normalized spacial score (nSPS) is 17.3. The third-order valence-electron chi connectivity index (χ3n) is 5.34. The zero-order valence-corrected chi connectivity index (χ0v) is 20.8. The number of nitrogens with one attached hydrogen (secondary N) is 1. The smallest absolute Gasteiger partial charge is 0.248 e. The number of hydrogen-bond acceptors (Lipinski definition) is 5. The maximum Gasteiger partial charge on any atom is 0.248 e. The molecule has 176 valence electrons. The van der Waals surface area contributed by atoms with Crippen molar-refractivity contribution >= 4 is 46.0 Å². The van der Waals surface area contributed by atoms with Crippen LogP contribution in [0.1, 0.15) is 38.7 Å². The number of carbonyl (C=O) groups excluding carboxylic acids is 3. The molecule has 0 bridgehead atoms. The van der Waals surface area contributed by atoms with Gasteiger partial charge in [0.15, 0.2) is 0 Å². The van der Waals surface area contributed by atoms with Gasteiger partial charge in [0.2, 0.25) is 17.7 Å². The van der Waals surface area contributed by atoms with E-state index >= 15 is 0 Å². The van der Waals surface area contributed by atoms with Crippen molar-refractivity contribution in [3.8, 4) is 5.75 Å². The Kier molecular flexibility index (Phi) is 7.73. The fourth-order valence-corrected chi connectivity index (χ4v) is 4.29. The number of rotatable bonds is 7. The first-order valence-electron chi connectivity index (χ1n) is 10.5. The lowest BCUT2D eigenvalue weighted by Gasteiger charge is -2.35. The lowest BCUT2D eigenvalue weighted by Crippen LogP contribution is -2.54. The standard InChI is InChI=1S/C24H26FIN2O5/c1-24(2,3)21(22(31)27-19-9-6-15(26)12-18(19)25)28-20(30)13-17(23(28)32)14-4-7-16(8-5-14)33-11-10-29/h4-9,12,17,21,29H,10-11,13H2,1-3H3,(H,27,31)/t17-,21-/m1/s1. The highest BCUT2D eigenvalue weighted by atomic mass is 127. The maximum atomic E-state index is 14.3. The van der Waals surface area contributed by atoms with Crippen molar-refractivity contribution in [1.82, 2.24) is 4.90 Å². The van der Waals surface area contributed by atoms with Crippen LogP contribution in [-0.2, 0) is 14.4 Å². The number of aliphatic hydroxyl groups excluding tert-OH is 1. The van der Waals surface area contributed by atoms with E-state index in [2.05, 4.69) is 5.32 Å². The lowest BCUT2D eigenvalue weighted by molar-refractivity contribution is -0.149. The van der Waals surface area contributed by atoms with Gasteiger partial charge in [-0.15, -0.1) is 0 Å². The van der Waals surface area contributed by atoms with E-state index in [1.54, 1.807) is 51.1 Å². The first-order valence-corrected chi connectivity index (χ1v) is 11.6. The molecule has 33 heavy (non-hydrogen) atoms. The summed E-state index contributed by atoms with van der Waals surface area (Å²) in [5, 5.41) is 11.4. The van der Waals surface area contributed by atoms with Crippen molar-refractivity contribution in [3.05, 3.63) is 57.4 Å². The average molecular weight is 568 g/mol. The number of amides is 3. The second-order valence-electron chi connectivity index (χ2n) is 8.88. The fraction of sp³-hybridized carbons (Fsp3) is 0.375. The second-order valence-corrected chi connectivity index (χ2v) is 10.1. The predicted molar refractivity (Wildman–Crippen MR) is 129 cm³/mol. The van der Waals surface area contributed by atoms with Crippen LogP contribution in [0, 0.1) is 14.8 Å². The number of likely N-dealkylation sites (tertiary alicyclic amines) is 1. The molecule has 9 heteroatoms. The van der Waals surface area contributed by atoms with Crippen molar-refractivity contribution < 1.29 is 28.6 Å². The minimum atomic E-state index is -1.12. The largest absolute Gasteiger partial charge is 0.491 e. The van der Waals surface area contributed by atoms with E-state index in [9.17, 15) is 18.8 Å². The van der Waals surface area contributed by atoms with Crippen molar-refractivity contribution in [2.24, 2.45) is 5.41 Å². The first kappa shape index (κ1) is 25.1. The highest BCUT2D eigenvalue weighted by Crippen LogP contribution is 2.36. The zero-order chi connectivity index (χ0) is 24.3. The Morgan fingerprint density at radius 1 is 1.24 bits per heavy atom. The van der Waals surface area contributed by atoms with Crippen LogP contribution >= 0.6 is 22.6 Å². The summed E-state index contributed by atoms with van der Waals surface area (Å²) in [6.45, 7) is 5.29. The molecule has 2 atom stereocenters. The molecule has 7 nitrogen and oxygen atoms in total. The number of anilines is 1. The number of aliphatic hydroxyl groups is 1. The topological polar surface area (TPSA) is 95.9 Å². The van der Waals surface area contributed by atoms with Gasteiger partial charge in [0.25, 0.3) is 0 Å². The van der Waals surface area contributed by atoms with Gasteiger partial charge in [-0.25, -0.2) is 4.39 Å². The molecule has 2 aromatic carbocycles. The van der Waals surface area contributed by atoms with Gasteiger partial charge in [-0.3, -0.25) is 19.3 Å². The van der Waals surface area contributed by atoms with Gasteiger partial charge in [-0.05, 0) is 63.9 Å². The number of ether oxygens (including phenoxy) is 1. The summed E-state index contributed by atoms with van der Waals surface area (Å²) in [6, 6.07) is 10.00. The Morgan fingerprint density at radius 2 is 1.91 bits per heavy atom. The Morgan fingerprint density at radius 3 is 2.48 bits per heavy atom. The zero-order valence-electron chi connectivity index (χ0n) is 18.6. The van der Waals surface area contributed by atoms with Crippen molar-refractivity contribution in [1.29, 1.82) is 0 Å². The summed E-state index contributed by atoms with van der Waals surface area (Å²) in [7, 11) is 0. The second kappa shape index (κ2) is 10.2. The summed E-state index contributed by atoms with van der Waals surface area (Å²) < 4.78 is 20.3. The van der Waals surface area contributed by atoms with Crippen LogP contribution in [-0.4, -0.2) is 47.0 Å². The number of benzene rings is 2. The molecular formula is C24H26FIN2O5. The number of halogens is 2. The van der Waals surface area contributed by atoms with E-state index in [1.165, 1.54) is 12.1 Å². The molecule has 1 fully saturated rings. The van der Waals surface area contributed by atoms with E-state index < -0.39 is 40.9 Å². The molecule has 0 spiro atoms. The van der Waals surface area contributed by atoms with Gasteiger partial charge >= 0.3 is 0 Å². The SMILES string of the molecule is CC(C)(C)[C@@H](C(=O)Nc1ccc(I)cc1F)N1C(=O)C[C@H](c2ccc(OCCO)cc2)C1=O. The number of hydrogen-bond donors (Lipinski definition) is 2. The van der Waals surface area contributed by atoms with Gasteiger partial charge in [0.1, 0.15) is 24.2 Å². The van der Waals surface area contributed by atoms with Crippen LogP contribution in [0.3, 0.4) is 0 Å².